The van der Waals surface area contributed by atoms with Crippen molar-refractivity contribution >= 4 is 11.8 Å². The summed E-state index contributed by atoms with van der Waals surface area (Å²) in [4.78, 5) is 27.1. The summed E-state index contributed by atoms with van der Waals surface area (Å²) in [6, 6.07) is 16.4. The van der Waals surface area contributed by atoms with E-state index in [2.05, 4.69) is 5.32 Å². The van der Waals surface area contributed by atoms with Gasteiger partial charge in [0.25, 0.3) is 0 Å². The summed E-state index contributed by atoms with van der Waals surface area (Å²) < 4.78 is 0. The predicted octanol–water partition coefficient (Wildman–Crippen LogP) is 1.26. The fourth-order valence-corrected chi connectivity index (χ4v) is 3.32. The third-order valence-electron chi connectivity index (χ3n) is 4.70. The van der Waals surface area contributed by atoms with Crippen LogP contribution in [0.3, 0.4) is 0 Å². The second-order valence-electron chi connectivity index (χ2n) is 6.37. The molecule has 25 heavy (non-hydrogen) atoms. The monoisotopic (exact) mass is 337 g/mol. The average Bonchev–Trinajstić information content (AvgIpc) is 2.77. The van der Waals surface area contributed by atoms with Gasteiger partial charge in [-0.1, -0.05) is 54.6 Å². The first-order valence-electron chi connectivity index (χ1n) is 8.48. The molecule has 0 bridgehead atoms. The van der Waals surface area contributed by atoms with Crippen LogP contribution in [0.4, 0.5) is 0 Å². The first kappa shape index (κ1) is 17.2. The van der Waals surface area contributed by atoms with Crippen LogP contribution in [-0.4, -0.2) is 35.8 Å². The first-order valence-corrected chi connectivity index (χ1v) is 8.48. The van der Waals surface area contributed by atoms with Crippen molar-refractivity contribution in [1.29, 1.82) is 0 Å². The number of hydrogen-bond donors (Lipinski definition) is 2. The van der Waals surface area contributed by atoms with Gasteiger partial charge in [-0.15, -0.1) is 0 Å². The third kappa shape index (κ3) is 3.72. The van der Waals surface area contributed by atoms with Crippen LogP contribution in [0.25, 0.3) is 0 Å². The van der Waals surface area contributed by atoms with Crippen molar-refractivity contribution in [3.8, 4) is 0 Å². The van der Waals surface area contributed by atoms with Crippen LogP contribution in [0.5, 0.6) is 0 Å². The van der Waals surface area contributed by atoms with Gasteiger partial charge >= 0.3 is 0 Å². The number of hydrogen-bond acceptors (Lipinski definition) is 3. The molecule has 0 aliphatic carbocycles. The average molecular weight is 337 g/mol. The lowest BCUT2D eigenvalue weighted by Crippen LogP contribution is -2.53. The molecule has 0 radical (unpaired) electrons. The number of carbonyl (C=O) groups is 2. The summed E-state index contributed by atoms with van der Waals surface area (Å²) in [6.07, 6.45) is 0.957. The fourth-order valence-electron chi connectivity index (χ4n) is 3.32. The van der Waals surface area contributed by atoms with Crippen LogP contribution in [-0.2, 0) is 29.0 Å². The van der Waals surface area contributed by atoms with Crippen molar-refractivity contribution in [1.82, 2.24) is 10.2 Å². The lowest BCUT2D eigenvalue weighted by Gasteiger charge is -2.31. The van der Waals surface area contributed by atoms with Crippen LogP contribution in [0.2, 0.25) is 0 Å². The second-order valence-corrected chi connectivity index (χ2v) is 6.37. The van der Waals surface area contributed by atoms with Crippen molar-refractivity contribution in [2.24, 2.45) is 5.73 Å². The molecule has 0 aromatic heterocycles. The molecule has 0 saturated heterocycles. The summed E-state index contributed by atoms with van der Waals surface area (Å²) in [5.74, 6) is -0.357. The van der Waals surface area contributed by atoms with Gasteiger partial charge in [-0.05, 0) is 23.1 Å². The van der Waals surface area contributed by atoms with Crippen molar-refractivity contribution in [2.75, 3.05) is 7.05 Å². The normalized spacial score (nSPS) is 18.2. The molecule has 130 valence electrons. The van der Waals surface area contributed by atoms with Gasteiger partial charge in [0, 0.05) is 20.0 Å². The van der Waals surface area contributed by atoms with Gasteiger partial charge in [-0.3, -0.25) is 9.59 Å². The minimum absolute atomic E-state index is 0.177. The SMILES string of the molecule is CNC(=O)C(Cc1ccccc1)N1Cc2ccccc2CC(N)C1=O. The Kier molecular flexibility index (Phi) is 5.14. The van der Waals surface area contributed by atoms with Gasteiger partial charge in [0.15, 0.2) is 0 Å². The van der Waals surface area contributed by atoms with Gasteiger partial charge in [0.1, 0.15) is 6.04 Å². The Morgan fingerprint density at radius 3 is 2.48 bits per heavy atom. The van der Waals surface area contributed by atoms with Crippen molar-refractivity contribution in [2.45, 2.75) is 31.5 Å². The van der Waals surface area contributed by atoms with Gasteiger partial charge in [-0.25, -0.2) is 0 Å². The van der Waals surface area contributed by atoms with E-state index < -0.39 is 12.1 Å². The van der Waals surface area contributed by atoms with E-state index in [-0.39, 0.29) is 11.8 Å². The molecule has 2 atom stereocenters. The molecule has 1 heterocycles. The van der Waals surface area contributed by atoms with Crippen LogP contribution >= 0.6 is 0 Å². The van der Waals surface area contributed by atoms with Gasteiger partial charge in [-0.2, -0.15) is 0 Å². The Hall–Kier alpha value is -2.66. The molecule has 2 aromatic rings. The number of likely N-dealkylation sites (N-methyl/N-ethyl adjacent to an activating group) is 1. The van der Waals surface area contributed by atoms with E-state index in [1.807, 2.05) is 54.6 Å². The van der Waals surface area contributed by atoms with E-state index in [4.69, 9.17) is 5.73 Å². The molecule has 0 saturated carbocycles. The maximum Gasteiger partial charge on any atom is 0.242 e. The quantitative estimate of drug-likeness (QED) is 0.882. The Morgan fingerprint density at radius 1 is 1.16 bits per heavy atom. The molecule has 2 aromatic carbocycles. The van der Waals surface area contributed by atoms with Crippen LogP contribution in [0, 0.1) is 0 Å². The number of nitrogens with two attached hydrogens (primary N) is 1. The van der Waals surface area contributed by atoms with E-state index in [9.17, 15) is 9.59 Å². The van der Waals surface area contributed by atoms with E-state index >= 15 is 0 Å². The number of nitrogens with zero attached hydrogens (tertiary/aromatic N) is 1. The maximum atomic E-state index is 12.9. The van der Waals surface area contributed by atoms with Crippen molar-refractivity contribution in [3.05, 3.63) is 71.3 Å². The van der Waals surface area contributed by atoms with E-state index in [0.29, 0.717) is 19.4 Å². The molecule has 2 unspecified atom stereocenters. The molecule has 0 spiro atoms. The van der Waals surface area contributed by atoms with Crippen LogP contribution in [0.15, 0.2) is 54.6 Å². The zero-order valence-electron chi connectivity index (χ0n) is 14.3. The summed E-state index contributed by atoms with van der Waals surface area (Å²) in [5.41, 5.74) is 9.26. The topological polar surface area (TPSA) is 75.4 Å². The van der Waals surface area contributed by atoms with Crippen molar-refractivity contribution < 1.29 is 9.59 Å². The molecule has 0 fully saturated rings. The third-order valence-corrected chi connectivity index (χ3v) is 4.70. The summed E-state index contributed by atoms with van der Waals surface area (Å²) >= 11 is 0. The number of rotatable bonds is 4. The number of fused-ring (bicyclic) bond motifs is 1. The summed E-state index contributed by atoms with van der Waals surface area (Å²) in [7, 11) is 1.59. The predicted molar refractivity (Wildman–Crippen MR) is 96.7 cm³/mol. The molecule has 1 aliphatic heterocycles. The lowest BCUT2D eigenvalue weighted by atomic mass is 10.0. The number of carbonyl (C=O) groups excluding carboxylic acids is 2. The number of benzene rings is 2. The highest BCUT2D eigenvalue weighted by molar-refractivity contribution is 5.90. The highest BCUT2D eigenvalue weighted by Gasteiger charge is 2.35. The van der Waals surface area contributed by atoms with Gasteiger partial charge < -0.3 is 16.0 Å². The lowest BCUT2D eigenvalue weighted by molar-refractivity contribution is -0.141. The number of amides is 2. The molecular weight excluding hydrogens is 314 g/mol. The molecule has 2 amide bonds. The molecule has 5 nitrogen and oxygen atoms in total. The van der Waals surface area contributed by atoms with Crippen LogP contribution in [0.1, 0.15) is 16.7 Å². The highest BCUT2D eigenvalue weighted by atomic mass is 16.2. The molecule has 5 heteroatoms. The first-order chi connectivity index (χ1) is 12.1. The molecule has 1 aliphatic rings. The largest absolute Gasteiger partial charge is 0.357 e. The Morgan fingerprint density at radius 2 is 1.80 bits per heavy atom. The minimum Gasteiger partial charge on any atom is -0.357 e. The van der Waals surface area contributed by atoms with Crippen molar-refractivity contribution in [3.63, 3.8) is 0 Å². The fraction of sp³-hybridized carbons (Fsp3) is 0.300. The van der Waals surface area contributed by atoms with E-state index in [1.165, 1.54) is 0 Å². The number of nitrogens with one attached hydrogen (secondary N) is 1. The van der Waals surface area contributed by atoms with E-state index in [0.717, 1.165) is 16.7 Å². The highest BCUT2D eigenvalue weighted by Crippen LogP contribution is 2.22. The summed E-state index contributed by atoms with van der Waals surface area (Å²) in [6.45, 7) is 0.396. The zero-order valence-corrected chi connectivity index (χ0v) is 14.3. The standard InChI is InChI=1S/C20H23N3O2/c1-22-19(24)18(11-14-7-3-2-4-8-14)23-13-16-10-6-5-9-15(16)12-17(21)20(23)25/h2-10,17-18H,11-13,21H2,1H3,(H,22,24). The van der Waals surface area contributed by atoms with E-state index in [1.54, 1.807) is 11.9 Å². The zero-order chi connectivity index (χ0) is 17.8. The van der Waals surface area contributed by atoms with Gasteiger partial charge in [0.2, 0.25) is 11.8 Å². The van der Waals surface area contributed by atoms with Gasteiger partial charge in [0.05, 0.1) is 6.04 Å². The maximum absolute atomic E-state index is 12.9. The molecular formula is C20H23N3O2. The Labute approximate surface area is 147 Å². The molecule has 3 N–H and O–H groups in total. The Bertz CT molecular complexity index is 761. The van der Waals surface area contributed by atoms with Crippen LogP contribution < -0.4 is 11.1 Å². The molecule has 3 rings (SSSR count). The second kappa shape index (κ2) is 7.49. The Balaban J connectivity index is 1.95. The summed E-state index contributed by atoms with van der Waals surface area (Å²) in [5, 5.41) is 2.69. The smallest absolute Gasteiger partial charge is 0.242 e. The minimum atomic E-state index is -0.633.